The molecular weight excluding hydrogens is 328 g/mol. The average molecular weight is 347 g/mol. The second-order valence-corrected chi connectivity index (χ2v) is 7.18. The second kappa shape index (κ2) is 5.76. The third-order valence-corrected chi connectivity index (χ3v) is 5.93. The smallest absolute Gasteiger partial charge is 0.240 e. The number of aliphatic hydroxyl groups excluding tert-OH is 1. The molecule has 120 valence electrons. The molecule has 23 heavy (non-hydrogen) atoms. The zero-order chi connectivity index (χ0) is 16.9. The van der Waals surface area contributed by atoms with Crippen LogP contribution in [-0.2, 0) is 11.8 Å². The van der Waals surface area contributed by atoms with E-state index in [4.69, 9.17) is 0 Å². The largest absolute Gasteiger partial charge is 0.506 e. The number of ketones is 1. The van der Waals surface area contributed by atoms with Gasteiger partial charge < -0.3 is 9.67 Å². The molecule has 0 bridgehead atoms. The van der Waals surface area contributed by atoms with Gasteiger partial charge >= 0.3 is 0 Å². The lowest BCUT2D eigenvalue weighted by atomic mass is 9.83. The summed E-state index contributed by atoms with van der Waals surface area (Å²) in [5.41, 5.74) is 3.40. The van der Waals surface area contributed by atoms with Crippen LogP contribution in [0.5, 0.6) is 0 Å². The predicted molar refractivity (Wildman–Crippen MR) is 97.2 cm³/mol. The van der Waals surface area contributed by atoms with Crippen LogP contribution in [0.15, 0.2) is 45.8 Å². The van der Waals surface area contributed by atoms with E-state index in [-0.39, 0.29) is 11.5 Å². The van der Waals surface area contributed by atoms with E-state index in [2.05, 4.69) is 0 Å². The molecule has 0 saturated heterocycles. The molecule has 2 heterocycles. The van der Waals surface area contributed by atoms with Gasteiger partial charge in [-0.2, -0.15) is 4.58 Å². The maximum Gasteiger partial charge on any atom is 0.240 e. The van der Waals surface area contributed by atoms with Crippen LogP contribution in [0.3, 0.4) is 0 Å². The van der Waals surface area contributed by atoms with Gasteiger partial charge in [-0.3, -0.25) is 4.79 Å². The lowest BCUT2D eigenvalue weighted by Crippen LogP contribution is -2.26. The van der Waals surface area contributed by atoms with Crippen molar-refractivity contribution in [3.63, 3.8) is 0 Å². The molecule has 0 saturated carbocycles. The van der Waals surface area contributed by atoms with E-state index in [0.717, 1.165) is 27.0 Å². The van der Waals surface area contributed by atoms with Crippen LogP contribution >= 0.6 is 23.5 Å². The molecule has 1 aliphatic carbocycles. The van der Waals surface area contributed by atoms with Crippen LogP contribution in [0.2, 0.25) is 0 Å². The van der Waals surface area contributed by atoms with E-state index in [1.807, 2.05) is 60.9 Å². The standard InChI is InChI=1S/C17H18N2O2S2/c1-9-8-12(23-5)19(3)15(9)14-16(20)13(17(14)21)10-6-7-11(22-4)18(10)2/h6-8H,1-5H3/p+1. The van der Waals surface area contributed by atoms with Gasteiger partial charge in [-0.1, -0.05) is 11.8 Å². The number of carbonyl (C=O) groups is 1. The van der Waals surface area contributed by atoms with Crippen molar-refractivity contribution >= 4 is 39.9 Å². The topological polar surface area (TPSA) is 45.2 Å². The van der Waals surface area contributed by atoms with E-state index in [0.29, 0.717) is 11.1 Å². The second-order valence-electron chi connectivity index (χ2n) is 5.53. The van der Waals surface area contributed by atoms with E-state index >= 15 is 0 Å². The first-order valence-electron chi connectivity index (χ1n) is 7.18. The molecule has 2 aliphatic rings. The van der Waals surface area contributed by atoms with Crippen LogP contribution < -0.4 is 0 Å². The van der Waals surface area contributed by atoms with Gasteiger partial charge in [0, 0.05) is 18.7 Å². The van der Waals surface area contributed by atoms with Gasteiger partial charge in [0.25, 0.3) is 0 Å². The Labute approximate surface area is 144 Å². The molecule has 1 N–H and O–H groups in total. The third kappa shape index (κ3) is 2.23. The minimum Gasteiger partial charge on any atom is -0.506 e. The van der Waals surface area contributed by atoms with E-state index in [1.54, 1.807) is 23.5 Å². The summed E-state index contributed by atoms with van der Waals surface area (Å²) >= 11 is 3.24. The number of allylic oxidation sites excluding steroid dienone is 3. The van der Waals surface area contributed by atoms with Crippen LogP contribution in [0, 0.1) is 0 Å². The molecule has 6 heteroatoms. The highest BCUT2D eigenvalue weighted by molar-refractivity contribution is 8.13. The Morgan fingerprint density at radius 3 is 2.35 bits per heavy atom. The molecule has 0 radical (unpaired) electrons. The number of likely N-dealkylation sites (N-methyl/N-ethyl adjacent to an activating group) is 1. The SMILES string of the molecule is CSC1=[N+](C)C(=C2C(=O)C(c3ccc(SC)n3C)=C2O)C(C)=C1. The van der Waals surface area contributed by atoms with Gasteiger partial charge in [-0.05, 0) is 31.6 Å². The molecule has 0 atom stereocenters. The van der Waals surface area contributed by atoms with Crippen molar-refractivity contribution in [3.05, 3.63) is 46.5 Å². The number of aliphatic hydroxyl groups is 1. The zero-order valence-electron chi connectivity index (χ0n) is 13.8. The Kier molecular flexibility index (Phi) is 4.06. The summed E-state index contributed by atoms with van der Waals surface area (Å²) in [5.74, 6) is 0.00844. The lowest BCUT2D eigenvalue weighted by molar-refractivity contribution is -0.433. The molecule has 1 aromatic heterocycles. The molecule has 1 aromatic rings. The van der Waals surface area contributed by atoms with E-state index < -0.39 is 0 Å². The van der Waals surface area contributed by atoms with Crippen LogP contribution in [-0.4, -0.2) is 44.6 Å². The van der Waals surface area contributed by atoms with Crippen LogP contribution in [0.1, 0.15) is 12.6 Å². The van der Waals surface area contributed by atoms with Gasteiger partial charge in [-0.15, -0.1) is 11.8 Å². The van der Waals surface area contributed by atoms with Crippen molar-refractivity contribution in [2.24, 2.45) is 7.05 Å². The van der Waals surface area contributed by atoms with Crippen molar-refractivity contribution in [2.45, 2.75) is 11.9 Å². The summed E-state index contributed by atoms with van der Waals surface area (Å²) in [5, 5.41) is 12.7. The van der Waals surface area contributed by atoms with E-state index in [9.17, 15) is 9.90 Å². The Bertz CT molecular complexity index is 854. The molecule has 0 fully saturated rings. The van der Waals surface area contributed by atoms with Gasteiger partial charge in [0.1, 0.15) is 18.4 Å². The number of hydrogen-bond acceptors (Lipinski definition) is 4. The maximum atomic E-state index is 12.7. The van der Waals surface area contributed by atoms with Crippen LogP contribution in [0.4, 0.5) is 0 Å². The molecule has 0 spiro atoms. The summed E-state index contributed by atoms with van der Waals surface area (Å²) < 4.78 is 3.91. The minimum atomic E-state index is -0.0895. The Morgan fingerprint density at radius 2 is 1.87 bits per heavy atom. The summed E-state index contributed by atoms with van der Waals surface area (Å²) in [6.07, 6.45) is 6.03. The van der Waals surface area contributed by atoms with Gasteiger partial charge in [0.2, 0.25) is 16.5 Å². The first-order chi connectivity index (χ1) is 10.9. The predicted octanol–water partition coefficient (Wildman–Crippen LogP) is 3.22. The minimum absolute atomic E-state index is 0.0895. The summed E-state index contributed by atoms with van der Waals surface area (Å²) in [6, 6.07) is 3.85. The number of aromatic nitrogens is 1. The van der Waals surface area contributed by atoms with Gasteiger partial charge in [0.05, 0.1) is 16.3 Å². The Hall–Kier alpha value is -1.66. The van der Waals surface area contributed by atoms with Crippen molar-refractivity contribution < 1.29 is 14.5 Å². The Balaban J connectivity index is 2.14. The highest BCUT2D eigenvalue weighted by atomic mass is 32.2. The molecule has 4 nitrogen and oxygen atoms in total. The summed E-state index contributed by atoms with van der Waals surface area (Å²) in [7, 11) is 3.83. The number of thioether (sulfide) groups is 2. The number of Topliss-reactive ketones (excluding diaryl/α,β-unsaturated/α-hetero) is 1. The third-order valence-electron chi connectivity index (χ3n) is 4.29. The number of hydrogen-bond donors (Lipinski definition) is 1. The molecule has 0 aromatic carbocycles. The molecule has 0 unspecified atom stereocenters. The molecule has 1 aliphatic heterocycles. The number of rotatable bonds is 2. The maximum absolute atomic E-state index is 12.7. The Morgan fingerprint density at radius 1 is 1.17 bits per heavy atom. The van der Waals surface area contributed by atoms with Gasteiger partial charge in [0.15, 0.2) is 0 Å². The number of carbonyl (C=O) groups excluding carboxylic acids is 1. The lowest BCUT2D eigenvalue weighted by Gasteiger charge is -2.22. The van der Waals surface area contributed by atoms with Gasteiger partial charge in [-0.25, -0.2) is 0 Å². The summed E-state index contributed by atoms with van der Waals surface area (Å²) in [4.78, 5) is 12.7. The van der Waals surface area contributed by atoms with Crippen LogP contribution in [0.25, 0.3) is 5.57 Å². The van der Waals surface area contributed by atoms with E-state index in [1.165, 1.54) is 0 Å². The first kappa shape index (κ1) is 16.2. The molecular formula is C17H19N2O2S2+. The fourth-order valence-corrected chi connectivity index (χ4v) is 4.33. The normalized spacial score (nSPS) is 21.3. The molecule has 3 rings (SSSR count). The average Bonchev–Trinajstić information content (AvgIpc) is 3.02. The highest BCUT2D eigenvalue weighted by Crippen LogP contribution is 2.41. The fourth-order valence-electron chi connectivity index (χ4n) is 3.09. The monoisotopic (exact) mass is 347 g/mol. The number of nitrogens with zero attached hydrogens (tertiary/aromatic N) is 2. The first-order valence-corrected chi connectivity index (χ1v) is 9.63. The van der Waals surface area contributed by atoms with Crippen molar-refractivity contribution in [2.75, 3.05) is 19.6 Å². The van der Waals surface area contributed by atoms with Crippen molar-refractivity contribution in [1.82, 2.24) is 4.57 Å². The molecule has 0 amide bonds. The fraction of sp³-hybridized carbons (Fsp3) is 0.294. The zero-order valence-corrected chi connectivity index (χ0v) is 15.4. The highest BCUT2D eigenvalue weighted by Gasteiger charge is 2.44. The summed E-state index contributed by atoms with van der Waals surface area (Å²) in [6.45, 7) is 1.97. The van der Waals surface area contributed by atoms with Crippen molar-refractivity contribution in [1.29, 1.82) is 0 Å². The van der Waals surface area contributed by atoms with Crippen molar-refractivity contribution in [3.8, 4) is 0 Å². The quantitative estimate of drug-likeness (QED) is 0.507.